The predicted molar refractivity (Wildman–Crippen MR) is 58.6 cm³/mol. The van der Waals surface area contributed by atoms with Crippen LogP contribution in [0.1, 0.15) is 12.8 Å². The van der Waals surface area contributed by atoms with Crippen LogP contribution >= 0.6 is 0 Å². The average Bonchev–Trinajstić information content (AvgIpc) is 1.95. The van der Waals surface area contributed by atoms with Crippen molar-refractivity contribution in [3.05, 3.63) is 0 Å². The molecule has 90 valence electrons. The molecule has 0 heterocycles. The Kier molecular flexibility index (Phi) is 12.5. The molecular formula is C4H12Na2O8S2. The van der Waals surface area contributed by atoms with Crippen molar-refractivity contribution >= 4 is 79.4 Å². The Morgan fingerprint density at radius 1 is 0.750 bits per heavy atom. The molecule has 8 nitrogen and oxygen atoms in total. The van der Waals surface area contributed by atoms with Crippen LogP contribution in [0.25, 0.3) is 0 Å². The summed E-state index contributed by atoms with van der Waals surface area (Å²) in [6, 6.07) is 0. The molecule has 0 saturated heterocycles. The van der Waals surface area contributed by atoms with E-state index >= 15 is 0 Å². The van der Waals surface area contributed by atoms with Crippen LogP contribution in [-0.4, -0.2) is 106 Å². The Balaban J connectivity index is -0.000000845. The Morgan fingerprint density at radius 3 is 1.06 bits per heavy atom. The quantitative estimate of drug-likeness (QED) is 0.307. The van der Waals surface area contributed by atoms with Crippen LogP contribution in [-0.2, 0) is 20.2 Å². The average molecular weight is 298 g/mol. The molecule has 0 fully saturated rings. The topological polar surface area (TPSA) is 149 Å². The van der Waals surface area contributed by atoms with Crippen molar-refractivity contribution in [2.75, 3.05) is 0 Å². The van der Waals surface area contributed by atoms with E-state index in [2.05, 4.69) is 0 Å². The van der Waals surface area contributed by atoms with Gasteiger partial charge in [0.05, 0.1) is 0 Å². The molecule has 0 saturated carbocycles. The molecule has 0 spiro atoms. The van der Waals surface area contributed by atoms with Gasteiger partial charge in [0, 0.05) is 0 Å². The monoisotopic (exact) mass is 298 g/mol. The van der Waals surface area contributed by atoms with E-state index < -0.39 is 43.9 Å². The number of hydrogen-bond donors (Lipinski definition) is 4. The van der Waals surface area contributed by atoms with Gasteiger partial charge in [-0.1, -0.05) is 0 Å². The summed E-state index contributed by atoms with van der Waals surface area (Å²) in [6.45, 7) is 0. The molecule has 0 bridgehead atoms. The summed E-state index contributed by atoms with van der Waals surface area (Å²) in [5, 5.41) is 17.3. The molecule has 0 rings (SSSR count). The summed E-state index contributed by atoms with van der Waals surface area (Å²) in [5.74, 6) is 0. The molecular weight excluding hydrogens is 286 g/mol. The van der Waals surface area contributed by atoms with Crippen LogP contribution in [0.4, 0.5) is 0 Å². The molecule has 4 N–H and O–H groups in total. The fraction of sp³-hybridized carbons (Fsp3) is 1.00. The first kappa shape index (κ1) is 22.9. The van der Waals surface area contributed by atoms with Crippen LogP contribution in [0.2, 0.25) is 0 Å². The van der Waals surface area contributed by atoms with Gasteiger partial charge >= 0.3 is 59.1 Å². The third-order valence-corrected chi connectivity index (χ3v) is 3.19. The fourth-order valence-electron chi connectivity index (χ4n) is 0.583. The van der Waals surface area contributed by atoms with Gasteiger partial charge in [-0.15, -0.1) is 0 Å². The van der Waals surface area contributed by atoms with Crippen molar-refractivity contribution in [1.82, 2.24) is 0 Å². The minimum atomic E-state index is -4.68. The molecule has 0 amide bonds. The zero-order valence-electron chi connectivity index (χ0n) is 6.81. The third kappa shape index (κ3) is 9.74. The standard InChI is InChI=1S/C4H10O8S2.2Na.2H/c5-3(13(7,8)9)1-2-4(6)14(10,11)12;;;;/h3-6H,1-2H2,(H,7,8,9)(H,10,11,12);;;;. The van der Waals surface area contributed by atoms with Crippen molar-refractivity contribution in [2.24, 2.45) is 0 Å². The van der Waals surface area contributed by atoms with Gasteiger partial charge in [-0.2, -0.15) is 16.8 Å². The summed E-state index contributed by atoms with van der Waals surface area (Å²) in [7, 11) is -9.35. The third-order valence-electron chi connectivity index (χ3n) is 1.35. The molecule has 16 heavy (non-hydrogen) atoms. The van der Waals surface area contributed by atoms with Gasteiger partial charge in [0.15, 0.2) is 10.9 Å². The first-order valence-electron chi connectivity index (χ1n) is 3.34. The number of aliphatic hydroxyl groups is 2. The second-order valence-electron chi connectivity index (χ2n) is 2.52. The summed E-state index contributed by atoms with van der Waals surface area (Å²) in [6.07, 6.45) is -1.42. The van der Waals surface area contributed by atoms with E-state index in [0.717, 1.165) is 0 Å². The van der Waals surface area contributed by atoms with E-state index in [1.807, 2.05) is 0 Å². The second kappa shape index (κ2) is 8.77. The van der Waals surface area contributed by atoms with Gasteiger partial charge < -0.3 is 10.2 Å². The fourth-order valence-corrected chi connectivity index (χ4v) is 1.45. The molecule has 0 aliphatic rings. The maximum absolute atomic E-state index is 10.2. The van der Waals surface area contributed by atoms with Crippen LogP contribution in [0.15, 0.2) is 0 Å². The molecule has 0 radical (unpaired) electrons. The summed E-state index contributed by atoms with van der Waals surface area (Å²) >= 11 is 0. The van der Waals surface area contributed by atoms with Gasteiger partial charge in [0.1, 0.15) is 0 Å². The van der Waals surface area contributed by atoms with Gasteiger partial charge in [0.2, 0.25) is 0 Å². The summed E-state index contributed by atoms with van der Waals surface area (Å²) < 4.78 is 57.3. The van der Waals surface area contributed by atoms with Crippen LogP contribution in [0.3, 0.4) is 0 Å². The zero-order valence-corrected chi connectivity index (χ0v) is 8.44. The van der Waals surface area contributed by atoms with Crippen molar-refractivity contribution in [2.45, 2.75) is 23.7 Å². The van der Waals surface area contributed by atoms with E-state index in [0.29, 0.717) is 0 Å². The molecule has 2 atom stereocenters. The predicted octanol–water partition coefficient (Wildman–Crippen LogP) is -3.12. The van der Waals surface area contributed by atoms with Gasteiger partial charge in [-0.25, -0.2) is 0 Å². The van der Waals surface area contributed by atoms with E-state index in [1.165, 1.54) is 0 Å². The van der Waals surface area contributed by atoms with E-state index in [1.54, 1.807) is 0 Å². The zero-order chi connectivity index (χ0) is 11.6. The molecule has 12 heteroatoms. The van der Waals surface area contributed by atoms with Crippen molar-refractivity contribution in [3.8, 4) is 0 Å². The second-order valence-corrected chi connectivity index (χ2v) is 5.66. The van der Waals surface area contributed by atoms with Crippen LogP contribution in [0.5, 0.6) is 0 Å². The molecule has 0 aromatic carbocycles. The Bertz CT molecular complexity index is 337. The Labute approximate surface area is 138 Å². The number of hydrogen-bond acceptors (Lipinski definition) is 6. The Morgan fingerprint density at radius 2 is 0.938 bits per heavy atom. The van der Waals surface area contributed by atoms with Gasteiger partial charge in [-0.3, -0.25) is 9.11 Å². The molecule has 0 aromatic rings. The van der Waals surface area contributed by atoms with Crippen LogP contribution in [0, 0.1) is 0 Å². The molecule has 2 unspecified atom stereocenters. The molecule has 0 aromatic heterocycles. The SMILES string of the molecule is O=S(=O)(O)C(O)CCC(O)S(=O)(=O)O.[NaH].[NaH]. The molecule has 0 aliphatic heterocycles. The van der Waals surface area contributed by atoms with Crippen molar-refractivity contribution in [1.29, 1.82) is 0 Å². The summed E-state index contributed by atoms with van der Waals surface area (Å²) in [5.41, 5.74) is -4.36. The van der Waals surface area contributed by atoms with E-state index in [9.17, 15) is 16.8 Å². The van der Waals surface area contributed by atoms with Crippen LogP contribution < -0.4 is 0 Å². The first-order chi connectivity index (χ1) is 6.05. The first-order valence-corrected chi connectivity index (χ1v) is 6.34. The maximum atomic E-state index is 10.2. The Hall–Kier alpha value is 1.74. The minimum absolute atomic E-state index is 0. The van der Waals surface area contributed by atoms with Crippen molar-refractivity contribution < 1.29 is 36.2 Å². The van der Waals surface area contributed by atoms with E-state index in [4.69, 9.17) is 19.3 Å². The normalized spacial score (nSPS) is 15.5. The van der Waals surface area contributed by atoms with E-state index in [-0.39, 0.29) is 59.1 Å². The summed E-state index contributed by atoms with van der Waals surface area (Å²) in [4.78, 5) is 0. The number of aliphatic hydroxyl groups excluding tert-OH is 2. The van der Waals surface area contributed by atoms with Gasteiger partial charge in [-0.05, 0) is 12.8 Å². The molecule has 0 aliphatic carbocycles. The van der Waals surface area contributed by atoms with Crippen molar-refractivity contribution in [3.63, 3.8) is 0 Å². The van der Waals surface area contributed by atoms with Gasteiger partial charge in [0.25, 0.3) is 20.2 Å². The number of rotatable bonds is 5.